The molecule has 8 nitrogen and oxygen atoms in total. The van der Waals surface area contributed by atoms with Crippen LogP contribution in [0.25, 0.3) is 0 Å². The van der Waals surface area contributed by atoms with Crippen LogP contribution in [0, 0.1) is 5.41 Å². The Hall–Kier alpha value is -3.20. The zero-order valence-corrected chi connectivity index (χ0v) is 18.1. The van der Waals surface area contributed by atoms with Crippen molar-refractivity contribution in [3.8, 4) is 5.75 Å². The van der Waals surface area contributed by atoms with Crippen molar-refractivity contribution >= 4 is 34.4 Å². The van der Waals surface area contributed by atoms with Gasteiger partial charge < -0.3 is 21.1 Å². The van der Waals surface area contributed by atoms with E-state index in [1.165, 1.54) is 13.1 Å². The average molecular weight is 428 g/mol. The quantitative estimate of drug-likeness (QED) is 0.560. The molecule has 4 N–H and O–H groups in total. The highest BCUT2D eigenvalue weighted by atomic mass is 32.2. The predicted molar refractivity (Wildman–Crippen MR) is 120 cm³/mol. The van der Waals surface area contributed by atoms with Crippen molar-refractivity contribution in [2.75, 3.05) is 12.4 Å². The minimum absolute atomic E-state index is 0.116. The number of para-hydroxylation sites is 1. The molecule has 30 heavy (non-hydrogen) atoms. The summed E-state index contributed by atoms with van der Waals surface area (Å²) in [4.78, 5) is 11.9. The maximum absolute atomic E-state index is 12.1. The van der Waals surface area contributed by atoms with Gasteiger partial charge in [-0.1, -0.05) is 57.2 Å². The van der Waals surface area contributed by atoms with Crippen molar-refractivity contribution in [1.82, 2.24) is 10.6 Å². The van der Waals surface area contributed by atoms with Gasteiger partial charge in [0.1, 0.15) is 0 Å². The van der Waals surface area contributed by atoms with E-state index in [2.05, 4.69) is 45.5 Å². The molecule has 9 heteroatoms. The summed E-state index contributed by atoms with van der Waals surface area (Å²) in [5, 5.41) is 19.3. The highest BCUT2D eigenvalue weighted by Crippen LogP contribution is 2.33. The van der Waals surface area contributed by atoms with Gasteiger partial charge in [-0.3, -0.25) is 4.79 Å². The lowest BCUT2D eigenvalue weighted by Crippen LogP contribution is -2.41. The molecule has 0 fully saturated rings. The lowest BCUT2D eigenvalue weighted by molar-refractivity contribution is 0.0960. The molecule has 3 rings (SSSR count). The number of amidine groups is 2. The van der Waals surface area contributed by atoms with Crippen molar-refractivity contribution in [1.29, 1.82) is 0 Å². The van der Waals surface area contributed by atoms with Gasteiger partial charge in [0.15, 0.2) is 17.4 Å². The summed E-state index contributed by atoms with van der Waals surface area (Å²) in [6, 6.07) is 14.5. The topological polar surface area (TPSA) is 115 Å². The number of phenols is 1. The molecule has 0 saturated heterocycles. The summed E-state index contributed by atoms with van der Waals surface area (Å²) in [5.41, 5.74) is 1.25. The van der Waals surface area contributed by atoms with Gasteiger partial charge in [0.25, 0.3) is 17.1 Å². The summed E-state index contributed by atoms with van der Waals surface area (Å²) in [6.45, 7) is 6.27. The van der Waals surface area contributed by atoms with Crippen LogP contribution in [0.1, 0.15) is 42.7 Å². The van der Waals surface area contributed by atoms with E-state index >= 15 is 0 Å². The second kappa shape index (κ2) is 8.66. The Balaban J connectivity index is 1.89. The molecule has 0 spiro atoms. The molecule has 0 aliphatic carbocycles. The van der Waals surface area contributed by atoms with Crippen LogP contribution < -0.4 is 16.0 Å². The first-order chi connectivity index (χ1) is 14.2. The normalized spacial score (nSPS) is 17.0. The molecule has 2 aromatic carbocycles. The molecule has 1 unspecified atom stereocenters. The maximum atomic E-state index is 12.1. The first-order valence-electron chi connectivity index (χ1n) is 9.43. The van der Waals surface area contributed by atoms with Gasteiger partial charge in [-0.15, -0.1) is 8.80 Å². The Bertz CT molecular complexity index is 1030. The molecule has 0 saturated carbocycles. The van der Waals surface area contributed by atoms with Crippen LogP contribution >= 0.6 is 0 Å². The minimum Gasteiger partial charge on any atom is -0.505 e. The summed E-state index contributed by atoms with van der Waals surface area (Å²) < 4.78 is 20.2. The van der Waals surface area contributed by atoms with E-state index in [-0.39, 0.29) is 34.3 Å². The third-order valence-corrected chi connectivity index (χ3v) is 5.28. The van der Waals surface area contributed by atoms with E-state index in [9.17, 15) is 14.1 Å². The van der Waals surface area contributed by atoms with Gasteiger partial charge in [0, 0.05) is 7.05 Å². The Morgan fingerprint density at radius 2 is 1.70 bits per heavy atom. The van der Waals surface area contributed by atoms with Crippen molar-refractivity contribution in [2.45, 2.75) is 26.8 Å². The third-order valence-electron chi connectivity index (χ3n) is 4.60. The lowest BCUT2D eigenvalue weighted by atomic mass is 9.82. The number of amides is 1. The third kappa shape index (κ3) is 4.68. The second-order valence-corrected chi connectivity index (χ2v) is 8.70. The van der Waals surface area contributed by atoms with Crippen molar-refractivity contribution in [3.63, 3.8) is 0 Å². The number of hydrogen-bond acceptors (Lipinski definition) is 5. The molecule has 158 valence electrons. The smallest absolute Gasteiger partial charge is 0.269 e. The van der Waals surface area contributed by atoms with Crippen LogP contribution in [0.15, 0.2) is 57.3 Å². The fraction of sp³-hybridized carbons (Fsp3) is 0.286. The Morgan fingerprint density at radius 1 is 1.03 bits per heavy atom. The number of aromatic hydroxyl groups is 1. The minimum atomic E-state index is -1.79. The molecule has 2 atom stereocenters. The number of hydrogen-bond donors (Lipinski definition) is 4. The first kappa shape index (κ1) is 21.5. The molecule has 0 aromatic heterocycles. The monoisotopic (exact) mass is 427 g/mol. The number of nitrogens with one attached hydrogen (secondary N) is 3. The van der Waals surface area contributed by atoms with Gasteiger partial charge in [-0.05, 0) is 23.1 Å². The van der Waals surface area contributed by atoms with Gasteiger partial charge in [0.05, 0.1) is 17.3 Å². The summed E-state index contributed by atoms with van der Waals surface area (Å²) in [6.07, 6.45) is 0. The molecule has 1 amide bonds. The Labute approximate surface area is 178 Å². The van der Waals surface area contributed by atoms with E-state index in [0.717, 1.165) is 5.56 Å². The number of carbonyl (C=O) groups excluding carboxylic acids is 1. The molecular formula is C21H25N5O3S. The standard InChI is InChI=1S/C21H25N5O3S/c1-21(2,3)17(13-9-6-5-7-10-13)24-19-18(25-30(29)26-19)23-15-12-8-11-14(16(15)27)20(28)22-4/h5-12,17,27H,1-4H3,(H,22,28)(H,23,25)(H,24,26)/t17-,30?/m0/s1. The summed E-state index contributed by atoms with van der Waals surface area (Å²) >= 11 is -1.79. The average Bonchev–Trinajstić information content (AvgIpc) is 3.05. The van der Waals surface area contributed by atoms with E-state index in [0.29, 0.717) is 5.84 Å². The number of phenolic OH excluding ortho intramolecular Hbond substituents is 1. The summed E-state index contributed by atoms with van der Waals surface area (Å²) in [5.74, 6) is -0.103. The molecule has 0 bridgehead atoms. The molecule has 2 aromatic rings. The van der Waals surface area contributed by atoms with Crippen molar-refractivity contribution in [3.05, 3.63) is 59.7 Å². The fourth-order valence-electron chi connectivity index (χ4n) is 3.11. The lowest BCUT2D eigenvalue weighted by Gasteiger charge is -2.32. The molecular weight excluding hydrogens is 402 g/mol. The van der Waals surface area contributed by atoms with E-state index in [4.69, 9.17) is 0 Å². The number of nitrogens with zero attached hydrogens (tertiary/aromatic N) is 2. The number of carbonyl (C=O) groups is 1. The first-order valence-corrected chi connectivity index (χ1v) is 10.5. The highest BCUT2D eigenvalue weighted by molar-refractivity contribution is 7.83. The zero-order valence-electron chi connectivity index (χ0n) is 17.3. The largest absolute Gasteiger partial charge is 0.505 e. The van der Waals surface area contributed by atoms with Gasteiger partial charge in [-0.2, -0.15) is 0 Å². The molecule has 1 aliphatic rings. The highest BCUT2D eigenvalue weighted by Gasteiger charge is 2.31. The second-order valence-electron chi connectivity index (χ2n) is 7.87. The van der Waals surface area contributed by atoms with E-state index in [1.54, 1.807) is 12.1 Å². The SMILES string of the molecule is CNC(=O)c1cccc(NC2=NS(=O)N=C2N[C@@H](c2ccccc2)C(C)(C)C)c1O. The predicted octanol–water partition coefficient (Wildman–Crippen LogP) is 2.93. The zero-order chi connectivity index (χ0) is 21.9. The van der Waals surface area contributed by atoms with Gasteiger partial charge in [0.2, 0.25) is 0 Å². The van der Waals surface area contributed by atoms with E-state index < -0.39 is 17.1 Å². The van der Waals surface area contributed by atoms with Crippen molar-refractivity contribution in [2.24, 2.45) is 14.2 Å². The van der Waals surface area contributed by atoms with Crippen LogP contribution in [-0.2, 0) is 11.2 Å². The van der Waals surface area contributed by atoms with Crippen LogP contribution in [0.4, 0.5) is 5.69 Å². The van der Waals surface area contributed by atoms with E-state index in [1.807, 2.05) is 30.3 Å². The number of anilines is 1. The van der Waals surface area contributed by atoms with Gasteiger partial charge >= 0.3 is 0 Å². The van der Waals surface area contributed by atoms with Crippen LogP contribution in [-0.4, -0.2) is 33.9 Å². The van der Waals surface area contributed by atoms with Crippen LogP contribution in [0.5, 0.6) is 5.75 Å². The molecule has 1 aliphatic heterocycles. The Morgan fingerprint density at radius 3 is 2.33 bits per heavy atom. The molecule has 1 heterocycles. The number of rotatable bonds is 4. The summed E-state index contributed by atoms with van der Waals surface area (Å²) in [7, 11) is 1.48. The number of benzene rings is 2. The fourth-order valence-corrected chi connectivity index (χ4v) is 3.74. The van der Waals surface area contributed by atoms with Crippen LogP contribution in [0.3, 0.4) is 0 Å². The van der Waals surface area contributed by atoms with Crippen molar-refractivity contribution < 1.29 is 14.1 Å². The Kier molecular flexibility index (Phi) is 6.21. The van der Waals surface area contributed by atoms with Gasteiger partial charge in [-0.25, -0.2) is 4.21 Å². The maximum Gasteiger partial charge on any atom is 0.269 e. The molecule has 0 radical (unpaired) electrons. The van der Waals surface area contributed by atoms with Crippen LogP contribution in [0.2, 0.25) is 0 Å².